The number of amides is 1. The molecular formula is C14H18Cl2N2O2. The smallest absolute Gasteiger partial charge is 0.238 e. The summed E-state index contributed by atoms with van der Waals surface area (Å²) in [4.78, 5) is 11.9. The van der Waals surface area contributed by atoms with Crippen molar-refractivity contribution in [1.82, 2.24) is 5.32 Å². The van der Waals surface area contributed by atoms with E-state index in [1.165, 1.54) is 0 Å². The van der Waals surface area contributed by atoms with Crippen molar-refractivity contribution in [2.75, 3.05) is 19.0 Å². The first-order chi connectivity index (χ1) is 9.60. The van der Waals surface area contributed by atoms with Gasteiger partial charge in [-0.2, -0.15) is 0 Å². The Labute approximate surface area is 128 Å². The predicted molar refractivity (Wildman–Crippen MR) is 81.5 cm³/mol. The largest absolute Gasteiger partial charge is 0.381 e. The average molecular weight is 317 g/mol. The summed E-state index contributed by atoms with van der Waals surface area (Å²) >= 11 is 12.0. The van der Waals surface area contributed by atoms with Crippen LogP contribution in [0.15, 0.2) is 18.2 Å². The maximum atomic E-state index is 11.9. The molecule has 20 heavy (non-hydrogen) atoms. The van der Waals surface area contributed by atoms with E-state index in [1.54, 1.807) is 25.3 Å². The molecule has 0 heterocycles. The number of benzene rings is 1. The standard InChI is InChI=1S/C14H18Cl2N2O2/c1-20-10-6-5-9(7-10)17-8-13(19)18-14-11(15)3-2-4-12(14)16/h2-4,9-10,17H,5-8H2,1H3,(H,18,19). The minimum Gasteiger partial charge on any atom is -0.381 e. The van der Waals surface area contributed by atoms with Gasteiger partial charge in [-0.1, -0.05) is 29.3 Å². The van der Waals surface area contributed by atoms with Crippen molar-refractivity contribution < 1.29 is 9.53 Å². The van der Waals surface area contributed by atoms with Crippen LogP contribution in [0.25, 0.3) is 0 Å². The number of para-hydroxylation sites is 1. The van der Waals surface area contributed by atoms with Crippen molar-refractivity contribution in [1.29, 1.82) is 0 Å². The summed E-state index contributed by atoms with van der Waals surface area (Å²) in [5, 5.41) is 6.83. The van der Waals surface area contributed by atoms with Crippen LogP contribution in [0.3, 0.4) is 0 Å². The second kappa shape index (κ2) is 7.27. The van der Waals surface area contributed by atoms with Crippen molar-refractivity contribution in [2.45, 2.75) is 31.4 Å². The highest BCUT2D eigenvalue weighted by Crippen LogP contribution is 2.29. The van der Waals surface area contributed by atoms with Gasteiger partial charge in [-0.3, -0.25) is 4.79 Å². The molecule has 1 aliphatic rings. The Balaban J connectivity index is 1.81. The van der Waals surface area contributed by atoms with Crippen molar-refractivity contribution in [2.24, 2.45) is 0 Å². The van der Waals surface area contributed by atoms with Crippen molar-refractivity contribution in [3.8, 4) is 0 Å². The second-order valence-corrected chi connectivity index (χ2v) is 5.71. The molecule has 1 saturated carbocycles. The molecule has 110 valence electrons. The first kappa shape index (κ1) is 15.6. The molecule has 0 saturated heterocycles. The number of hydrogen-bond acceptors (Lipinski definition) is 3. The van der Waals surface area contributed by atoms with Crippen LogP contribution in [0.5, 0.6) is 0 Å². The molecule has 2 rings (SSSR count). The molecule has 0 spiro atoms. The van der Waals surface area contributed by atoms with Crippen LogP contribution < -0.4 is 10.6 Å². The fourth-order valence-electron chi connectivity index (χ4n) is 2.38. The second-order valence-electron chi connectivity index (χ2n) is 4.89. The van der Waals surface area contributed by atoms with Gasteiger partial charge in [0.1, 0.15) is 0 Å². The van der Waals surface area contributed by atoms with Crippen molar-refractivity contribution >= 4 is 34.8 Å². The average Bonchev–Trinajstić information content (AvgIpc) is 2.89. The van der Waals surface area contributed by atoms with Gasteiger partial charge >= 0.3 is 0 Å². The zero-order valence-electron chi connectivity index (χ0n) is 11.3. The van der Waals surface area contributed by atoms with Gasteiger partial charge in [-0.25, -0.2) is 0 Å². The summed E-state index contributed by atoms with van der Waals surface area (Å²) in [6.45, 7) is 0.239. The maximum Gasteiger partial charge on any atom is 0.238 e. The maximum absolute atomic E-state index is 11.9. The molecule has 1 amide bonds. The van der Waals surface area contributed by atoms with Gasteiger partial charge in [-0.15, -0.1) is 0 Å². The molecule has 4 nitrogen and oxygen atoms in total. The molecule has 1 fully saturated rings. The molecule has 0 aromatic heterocycles. The van der Waals surface area contributed by atoms with Crippen LogP contribution in [-0.4, -0.2) is 31.7 Å². The van der Waals surface area contributed by atoms with Crippen LogP contribution in [0, 0.1) is 0 Å². The highest BCUT2D eigenvalue weighted by Gasteiger charge is 2.24. The number of ether oxygens (including phenoxy) is 1. The molecule has 2 unspecified atom stereocenters. The zero-order valence-corrected chi connectivity index (χ0v) is 12.8. The summed E-state index contributed by atoms with van der Waals surface area (Å²) in [5.74, 6) is -0.152. The van der Waals surface area contributed by atoms with E-state index in [-0.39, 0.29) is 12.5 Å². The van der Waals surface area contributed by atoms with Gasteiger partial charge < -0.3 is 15.4 Å². The highest BCUT2D eigenvalue weighted by molar-refractivity contribution is 6.39. The molecule has 0 radical (unpaired) electrons. The molecule has 6 heteroatoms. The lowest BCUT2D eigenvalue weighted by molar-refractivity contribution is -0.115. The number of nitrogens with one attached hydrogen (secondary N) is 2. The third kappa shape index (κ3) is 4.09. The summed E-state index contributed by atoms with van der Waals surface area (Å²) in [5.41, 5.74) is 0.462. The van der Waals surface area contributed by atoms with Crippen molar-refractivity contribution in [3.63, 3.8) is 0 Å². The van der Waals surface area contributed by atoms with E-state index in [4.69, 9.17) is 27.9 Å². The lowest BCUT2D eigenvalue weighted by atomic mass is 10.2. The molecule has 1 aliphatic carbocycles. The fraction of sp³-hybridized carbons (Fsp3) is 0.500. The van der Waals surface area contributed by atoms with Gasteiger partial charge in [0.25, 0.3) is 0 Å². The van der Waals surface area contributed by atoms with Gasteiger partial charge in [0.2, 0.25) is 5.91 Å². The Kier molecular flexibility index (Phi) is 5.66. The molecule has 2 N–H and O–H groups in total. The summed E-state index contributed by atoms with van der Waals surface area (Å²) in [7, 11) is 1.72. The Bertz CT molecular complexity index is 462. The third-order valence-electron chi connectivity index (χ3n) is 3.50. The number of rotatable bonds is 5. The number of methoxy groups -OCH3 is 1. The predicted octanol–water partition coefficient (Wildman–Crippen LogP) is 3.09. The van der Waals surface area contributed by atoms with E-state index < -0.39 is 0 Å². The molecule has 2 atom stereocenters. The normalized spacial score (nSPS) is 21.9. The van der Waals surface area contributed by atoms with Crippen molar-refractivity contribution in [3.05, 3.63) is 28.2 Å². The molecular weight excluding hydrogens is 299 g/mol. The highest BCUT2D eigenvalue weighted by atomic mass is 35.5. The van der Waals surface area contributed by atoms with Gasteiger partial charge in [0, 0.05) is 13.2 Å². The minimum atomic E-state index is -0.152. The first-order valence-corrected chi connectivity index (χ1v) is 7.35. The Morgan fingerprint density at radius 2 is 2.05 bits per heavy atom. The number of carbonyl (C=O) groups excluding carboxylic acids is 1. The van der Waals surface area contributed by atoms with Crippen LogP contribution in [0.4, 0.5) is 5.69 Å². The minimum absolute atomic E-state index is 0.152. The van der Waals surface area contributed by atoms with Crippen LogP contribution in [0.1, 0.15) is 19.3 Å². The first-order valence-electron chi connectivity index (χ1n) is 6.60. The van der Waals surface area contributed by atoms with Crippen LogP contribution >= 0.6 is 23.2 Å². The van der Waals surface area contributed by atoms with Gasteiger partial charge in [0.15, 0.2) is 0 Å². The monoisotopic (exact) mass is 316 g/mol. The SMILES string of the molecule is COC1CCC(NCC(=O)Nc2c(Cl)cccc2Cl)C1. The number of halogens is 2. The van der Waals surface area contributed by atoms with E-state index in [9.17, 15) is 4.79 Å². The van der Waals surface area contributed by atoms with E-state index >= 15 is 0 Å². The summed E-state index contributed by atoms with van der Waals surface area (Å²) in [6.07, 6.45) is 3.30. The zero-order chi connectivity index (χ0) is 14.5. The van der Waals surface area contributed by atoms with Crippen LogP contribution in [-0.2, 0) is 9.53 Å². The quantitative estimate of drug-likeness (QED) is 0.877. The number of carbonyl (C=O) groups is 1. The van der Waals surface area contributed by atoms with Crippen LogP contribution in [0.2, 0.25) is 10.0 Å². The molecule has 1 aromatic carbocycles. The Morgan fingerprint density at radius 3 is 2.65 bits per heavy atom. The number of anilines is 1. The molecule has 0 bridgehead atoms. The van der Waals surface area contributed by atoms with E-state index in [0.29, 0.717) is 27.9 Å². The molecule has 1 aromatic rings. The topological polar surface area (TPSA) is 50.4 Å². The fourth-order valence-corrected chi connectivity index (χ4v) is 2.87. The summed E-state index contributed by atoms with van der Waals surface area (Å²) < 4.78 is 5.30. The lowest BCUT2D eigenvalue weighted by Crippen LogP contribution is -2.35. The van der Waals surface area contributed by atoms with E-state index in [0.717, 1.165) is 19.3 Å². The van der Waals surface area contributed by atoms with Gasteiger partial charge in [0.05, 0.1) is 28.4 Å². The van der Waals surface area contributed by atoms with E-state index in [1.807, 2.05) is 0 Å². The van der Waals surface area contributed by atoms with Gasteiger partial charge in [-0.05, 0) is 31.4 Å². The Morgan fingerprint density at radius 1 is 1.35 bits per heavy atom. The Hall–Kier alpha value is -0.810. The third-order valence-corrected chi connectivity index (χ3v) is 4.13. The summed E-state index contributed by atoms with van der Waals surface area (Å²) in [6, 6.07) is 5.45. The van der Waals surface area contributed by atoms with E-state index in [2.05, 4.69) is 10.6 Å². The molecule has 0 aliphatic heterocycles. The number of hydrogen-bond donors (Lipinski definition) is 2. The lowest BCUT2D eigenvalue weighted by Gasteiger charge is -2.13.